The van der Waals surface area contributed by atoms with Crippen molar-refractivity contribution in [2.45, 2.75) is 6.92 Å². The largest absolute Gasteiger partial charge is 0.317 e. The number of amides is 1. The van der Waals surface area contributed by atoms with E-state index in [0.717, 1.165) is 16.9 Å². The van der Waals surface area contributed by atoms with Crippen molar-refractivity contribution in [1.29, 1.82) is 0 Å². The second kappa shape index (κ2) is 4.95. The summed E-state index contributed by atoms with van der Waals surface area (Å²) < 4.78 is 0.212. The SMILES string of the molecule is Cc1cnc(Cl)c(NC(=O)c2nnc(Cl)s2)c1. The highest BCUT2D eigenvalue weighted by Crippen LogP contribution is 2.22. The van der Waals surface area contributed by atoms with Crippen LogP contribution >= 0.6 is 34.5 Å². The monoisotopic (exact) mass is 288 g/mol. The van der Waals surface area contributed by atoms with Crippen LogP contribution in [0, 0.1) is 6.92 Å². The maximum absolute atomic E-state index is 11.7. The lowest BCUT2D eigenvalue weighted by Crippen LogP contribution is -2.12. The van der Waals surface area contributed by atoms with Gasteiger partial charge in [-0.1, -0.05) is 22.9 Å². The number of carbonyl (C=O) groups is 1. The lowest BCUT2D eigenvalue weighted by Gasteiger charge is -2.05. The summed E-state index contributed by atoms with van der Waals surface area (Å²) in [6.45, 7) is 1.85. The number of nitrogens with zero attached hydrogens (tertiary/aromatic N) is 3. The van der Waals surface area contributed by atoms with Gasteiger partial charge >= 0.3 is 0 Å². The van der Waals surface area contributed by atoms with Gasteiger partial charge in [-0.25, -0.2) is 4.98 Å². The van der Waals surface area contributed by atoms with Gasteiger partial charge in [-0.15, -0.1) is 10.2 Å². The molecule has 0 bridgehead atoms. The Kier molecular flexibility index (Phi) is 3.56. The number of hydrogen-bond donors (Lipinski definition) is 1. The van der Waals surface area contributed by atoms with E-state index in [0.29, 0.717) is 5.69 Å². The van der Waals surface area contributed by atoms with Gasteiger partial charge in [0.15, 0.2) is 5.15 Å². The van der Waals surface area contributed by atoms with Crippen molar-refractivity contribution in [1.82, 2.24) is 15.2 Å². The Morgan fingerprint density at radius 2 is 2.18 bits per heavy atom. The standard InChI is InChI=1S/C9H6Cl2N4OS/c1-4-2-5(6(10)12-3-4)13-7(16)8-14-15-9(11)17-8/h2-3H,1H3,(H,13,16). The fourth-order valence-corrected chi connectivity index (χ4v) is 1.99. The zero-order valence-corrected chi connectivity index (χ0v) is 10.9. The maximum atomic E-state index is 11.7. The molecule has 2 heterocycles. The Labute approximate surface area is 111 Å². The van der Waals surface area contributed by atoms with E-state index in [1.54, 1.807) is 12.3 Å². The second-order valence-corrected chi connectivity index (χ2v) is 5.08. The highest BCUT2D eigenvalue weighted by Gasteiger charge is 2.14. The molecule has 88 valence electrons. The Morgan fingerprint density at radius 1 is 1.41 bits per heavy atom. The van der Waals surface area contributed by atoms with E-state index >= 15 is 0 Å². The van der Waals surface area contributed by atoms with Crippen LogP contribution < -0.4 is 5.32 Å². The van der Waals surface area contributed by atoms with Gasteiger partial charge in [0.2, 0.25) is 9.47 Å². The van der Waals surface area contributed by atoms with E-state index in [9.17, 15) is 4.79 Å². The molecule has 0 spiro atoms. The molecular weight excluding hydrogens is 283 g/mol. The summed E-state index contributed by atoms with van der Waals surface area (Å²) in [6.07, 6.45) is 1.61. The van der Waals surface area contributed by atoms with Gasteiger partial charge in [0.05, 0.1) is 5.69 Å². The Morgan fingerprint density at radius 3 is 2.82 bits per heavy atom. The van der Waals surface area contributed by atoms with Gasteiger partial charge in [-0.2, -0.15) is 0 Å². The fraction of sp³-hybridized carbons (Fsp3) is 0.111. The minimum Gasteiger partial charge on any atom is -0.317 e. The van der Waals surface area contributed by atoms with Crippen molar-refractivity contribution >= 4 is 46.1 Å². The molecule has 0 aliphatic heterocycles. The number of anilines is 1. The summed E-state index contributed by atoms with van der Waals surface area (Å²) in [5.74, 6) is -0.413. The third-order valence-electron chi connectivity index (χ3n) is 1.82. The van der Waals surface area contributed by atoms with Crippen LogP contribution in [0.4, 0.5) is 5.69 Å². The smallest absolute Gasteiger partial charge is 0.286 e. The number of halogens is 2. The number of pyridine rings is 1. The number of rotatable bonds is 2. The molecule has 0 aliphatic rings. The Hall–Kier alpha value is -1.24. The molecule has 17 heavy (non-hydrogen) atoms. The first-order chi connectivity index (χ1) is 8.06. The van der Waals surface area contributed by atoms with Gasteiger partial charge in [0.25, 0.3) is 5.91 Å². The van der Waals surface area contributed by atoms with E-state index in [1.807, 2.05) is 6.92 Å². The summed E-state index contributed by atoms with van der Waals surface area (Å²) in [7, 11) is 0. The molecule has 2 aromatic heterocycles. The summed E-state index contributed by atoms with van der Waals surface area (Å²) in [4.78, 5) is 15.7. The molecule has 0 aromatic carbocycles. The van der Waals surface area contributed by atoms with Crippen LogP contribution in [-0.4, -0.2) is 21.1 Å². The molecule has 1 amide bonds. The van der Waals surface area contributed by atoms with Crippen LogP contribution in [0.25, 0.3) is 0 Å². The molecule has 0 unspecified atom stereocenters. The minimum atomic E-state index is -0.413. The zero-order chi connectivity index (χ0) is 12.4. The van der Waals surface area contributed by atoms with Crippen molar-refractivity contribution in [2.24, 2.45) is 0 Å². The predicted molar refractivity (Wildman–Crippen MR) is 66.9 cm³/mol. The summed E-state index contributed by atoms with van der Waals surface area (Å²) in [5, 5.41) is 10.2. The van der Waals surface area contributed by atoms with Crippen LogP contribution in [0.15, 0.2) is 12.3 Å². The first-order valence-electron chi connectivity index (χ1n) is 4.49. The average molecular weight is 289 g/mol. The summed E-state index contributed by atoms with van der Waals surface area (Å²) in [6, 6.07) is 1.72. The topological polar surface area (TPSA) is 67.8 Å². The van der Waals surface area contributed by atoms with Crippen molar-refractivity contribution in [3.05, 3.63) is 32.5 Å². The first-order valence-corrected chi connectivity index (χ1v) is 6.06. The highest BCUT2D eigenvalue weighted by atomic mass is 35.5. The number of hydrogen-bond acceptors (Lipinski definition) is 5. The van der Waals surface area contributed by atoms with Gasteiger partial charge in [-0.3, -0.25) is 4.79 Å². The normalized spacial score (nSPS) is 10.3. The van der Waals surface area contributed by atoms with Crippen molar-refractivity contribution in [3.8, 4) is 0 Å². The molecule has 2 aromatic rings. The number of nitrogens with one attached hydrogen (secondary N) is 1. The zero-order valence-electron chi connectivity index (χ0n) is 8.57. The first kappa shape index (κ1) is 12.2. The highest BCUT2D eigenvalue weighted by molar-refractivity contribution is 7.17. The molecule has 0 radical (unpaired) electrons. The molecule has 0 aliphatic carbocycles. The van der Waals surface area contributed by atoms with E-state index in [2.05, 4.69) is 20.5 Å². The molecule has 0 fully saturated rings. The lowest BCUT2D eigenvalue weighted by molar-refractivity contribution is 0.102. The van der Waals surface area contributed by atoms with Crippen molar-refractivity contribution < 1.29 is 4.79 Å². The van der Waals surface area contributed by atoms with Crippen molar-refractivity contribution in [2.75, 3.05) is 5.32 Å². The van der Waals surface area contributed by atoms with Gasteiger partial charge in [-0.05, 0) is 30.2 Å². The third-order valence-corrected chi connectivity index (χ3v) is 3.14. The van der Waals surface area contributed by atoms with Gasteiger partial charge in [0, 0.05) is 6.20 Å². The van der Waals surface area contributed by atoms with E-state index < -0.39 is 5.91 Å². The molecule has 0 saturated heterocycles. The van der Waals surface area contributed by atoms with Crippen LogP contribution in [0.1, 0.15) is 15.4 Å². The number of aryl methyl sites for hydroxylation is 1. The quantitative estimate of drug-likeness (QED) is 0.863. The van der Waals surface area contributed by atoms with Gasteiger partial charge in [0.1, 0.15) is 0 Å². The molecule has 2 rings (SSSR count). The summed E-state index contributed by atoms with van der Waals surface area (Å²) in [5.41, 5.74) is 1.32. The Balaban J connectivity index is 2.21. The molecule has 8 heteroatoms. The van der Waals surface area contributed by atoms with E-state index in [1.165, 1.54) is 0 Å². The molecule has 5 nitrogen and oxygen atoms in total. The minimum absolute atomic E-state index is 0.174. The van der Waals surface area contributed by atoms with Crippen LogP contribution in [-0.2, 0) is 0 Å². The van der Waals surface area contributed by atoms with Crippen LogP contribution in [0.5, 0.6) is 0 Å². The average Bonchev–Trinajstić information content (AvgIpc) is 2.70. The molecule has 0 saturated carbocycles. The molecule has 1 N–H and O–H groups in total. The third kappa shape index (κ3) is 2.91. The van der Waals surface area contributed by atoms with E-state index in [-0.39, 0.29) is 14.6 Å². The number of carbonyl (C=O) groups excluding carboxylic acids is 1. The second-order valence-electron chi connectivity index (χ2n) is 3.17. The number of aromatic nitrogens is 3. The maximum Gasteiger partial charge on any atom is 0.286 e. The fourth-order valence-electron chi connectivity index (χ4n) is 1.11. The predicted octanol–water partition coefficient (Wildman–Crippen LogP) is 2.80. The molecule has 0 atom stereocenters. The van der Waals surface area contributed by atoms with Gasteiger partial charge < -0.3 is 5.32 Å². The lowest BCUT2D eigenvalue weighted by atomic mass is 10.3. The molecular formula is C9H6Cl2N4OS. The van der Waals surface area contributed by atoms with Crippen LogP contribution in [0.2, 0.25) is 9.62 Å². The Bertz CT molecular complexity index is 572. The van der Waals surface area contributed by atoms with Crippen LogP contribution in [0.3, 0.4) is 0 Å². The van der Waals surface area contributed by atoms with E-state index in [4.69, 9.17) is 23.2 Å². The van der Waals surface area contributed by atoms with Crippen molar-refractivity contribution in [3.63, 3.8) is 0 Å². The summed E-state index contributed by atoms with van der Waals surface area (Å²) >= 11 is 12.4.